The minimum Gasteiger partial charge on any atom is -0.342 e. The first-order valence-corrected chi connectivity index (χ1v) is 9.35. The Hall–Kier alpha value is -2.93. The lowest BCUT2D eigenvalue weighted by atomic mass is 10.3. The molecule has 0 fully saturated rings. The van der Waals surface area contributed by atoms with Gasteiger partial charge in [-0.15, -0.1) is 0 Å². The number of anilines is 2. The van der Waals surface area contributed by atoms with Crippen molar-refractivity contribution in [2.24, 2.45) is 0 Å². The van der Waals surface area contributed by atoms with Crippen LogP contribution < -0.4 is 9.80 Å². The van der Waals surface area contributed by atoms with Crippen LogP contribution in [0.15, 0.2) is 48.5 Å². The largest absolute Gasteiger partial charge is 0.342 e. The second kappa shape index (κ2) is 5.81. The fourth-order valence-electron chi connectivity index (χ4n) is 3.40. The highest BCUT2D eigenvalue weighted by Crippen LogP contribution is 2.29. The number of carbonyl (C=O) groups is 1. The zero-order chi connectivity index (χ0) is 17.7. The minimum atomic E-state index is 0.0424. The van der Waals surface area contributed by atoms with Crippen molar-refractivity contribution in [2.45, 2.75) is 6.54 Å². The molecule has 0 saturated heterocycles. The smallest absolute Gasteiger partial charge is 0.248 e. The van der Waals surface area contributed by atoms with Gasteiger partial charge in [0.05, 0.1) is 27.8 Å². The van der Waals surface area contributed by atoms with Crippen LogP contribution in [-0.4, -0.2) is 40.6 Å². The number of likely N-dealkylation sites (N-methyl/N-ethyl adjacent to an activating group) is 1. The molecule has 0 radical (unpaired) electrons. The first kappa shape index (κ1) is 15.3. The summed E-state index contributed by atoms with van der Waals surface area (Å²) >= 11 is 1.60. The molecular weight excluding hydrogens is 346 g/mol. The number of aromatic nitrogens is 3. The number of para-hydroxylation sites is 3. The van der Waals surface area contributed by atoms with Crippen molar-refractivity contribution in [3.8, 4) is 0 Å². The molecule has 0 bridgehead atoms. The van der Waals surface area contributed by atoms with E-state index in [-0.39, 0.29) is 12.5 Å². The number of hydrogen-bond donors (Lipinski definition) is 0. The minimum absolute atomic E-state index is 0.0424. The third-order valence-corrected chi connectivity index (χ3v) is 5.86. The van der Waals surface area contributed by atoms with Gasteiger partial charge >= 0.3 is 0 Å². The lowest BCUT2D eigenvalue weighted by molar-refractivity contribution is -0.117. The first-order valence-electron chi connectivity index (χ1n) is 8.53. The van der Waals surface area contributed by atoms with Crippen LogP contribution >= 0.6 is 11.3 Å². The molecule has 0 saturated carbocycles. The molecule has 0 aliphatic carbocycles. The average molecular weight is 363 g/mol. The highest BCUT2D eigenvalue weighted by Gasteiger charge is 2.29. The van der Waals surface area contributed by atoms with Gasteiger partial charge in [-0.1, -0.05) is 35.6 Å². The summed E-state index contributed by atoms with van der Waals surface area (Å²) in [6, 6.07) is 16.0. The Labute approximate surface area is 154 Å². The van der Waals surface area contributed by atoms with Gasteiger partial charge in [-0.25, -0.2) is 9.97 Å². The first-order chi connectivity index (χ1) is 12.7. The zero-order valence-corrected chi connectivity index (χ0v) is 15.1. The number of hydrogen-bond acceptors (Lipinski definition) is 5. The van der Waals surface area contributed by atoms with Crippen LogP contribution in [0.2, 0.25) is 0 Å². The summed E-state index contributed by atoms with van der Waals surface area (Å²) in [5.74, 6) is 0.787. The van der Waals surface area contributed by atoms with Crippen LogP contribution in [0.25, 0.3) is 21.3 Å². The van der Waals surface area contributed by atoms with Gasteiger partial charge < -0.3 is 9.47 Å². The number of fused-ring (bicyclic) bond motifs is 4. The topological polar surface area (TPSA) is 54.3 Å². The number of nitrogens with zero attached hydrogens (tertiary/aromatic N) is 5. The monoisotopic (exact) mass is 363 g/mol. The Balaban J connectivity index is 1.39. The number of rotatable bonds is 3. The fourth-order valence-corrected chi connectivity index (χ4v) is 4.33. The predicted octanol–water partition coefficient (Wildman–Crippen LogP) is 3.13. The van der Waals surface area contributed by atoms with Gasteiger partial charge in [0.1, 0.15) is 0 Å². The van der Waals surface area contributed by atoms with E-state index in [1.54, 1.807) is 16.2 Å². The second-order valence-corrected chi connectivity index (χ2v) is 7.43. The van der Waals surface area contributed by atoms with Crippen molar-refractivity contribution in [1.82, 2.24) is 14.5 Å². The highest BCUT2D eigenvalue weighted by atomic mass is 32.1. The molecule has 26 heavy (non-hydrogen) atoms. The molecule has 4 aromatic rings. The third-order valence-electron chi connectivity index (χ3n) is 4.71. The summed E-state index contributed by atoms with van der Waals surface area (Å²) in [7, 11) is 1.91. The van der Waals surface area contributed by atoms with Crippen LogP contribution in [0.3, 0.4) is 0 Å². The summed E-state index contributed by atoms with van der Waals surface area (Å²) in [6.07, 6.45) is 0. The Morgan fingerprint density at radius 2 is 1.85 bits per heavy atom. The Morgan fingerprint density at radius 3 is 2.69 bits per heavy atom. The SMILES string of the molecule is CN(CC(=O)N1CCn2c1nc1ccccc12)c1nc2ccccc2s1. The zero-order valence-electron chi connectivity index (χ0n) is 14.3. The Morgan fingerprint density at radius 1 is 1.08 bits per heavy atom. The number of benzene rings is 2. The van der Waals surface area contributed by atoms with Gasteiger partial charge in [0.2, 0.25) is 11.9 Å². The lowest BCUT2D eigenvalue weighted by Gasteiger charge is -2.19. The number of imidazole rings is 1. The summed E-state index contributed by atoms with van der Waals surface area (Å²) in [6.45, 7) is 1.73. The number of carbonyl (C=O) groups excluding carboxylic acids is 1. The van der Waals surface area contributed by atoms with Gasteiger partial charge in [-0.05, 0) is 24.3 Å². The van der Waals surface area contributed by atoms with Crippen molar-refractivity contribution in [3.05, 3.63) is 48.5 Å². The lowest BCUT2D eigenvalue weighted by Crippen LogP contribution is -2.38. The maximum atomic E-state index is 12.9. The van der Waals surface area contributed by atoms with Crippen LogP contribution in [0.1, 0.15) is 0 Å². The normalized spacial score (nSPS) is 13.5. The standard InChI is InChI=1S/C19H17N5OS/c1-22(19-21-14-7-3-5-9-16(14)26-19)12-17(25)24-11-10-23-15-8-4-2-6-13(15)20-18(23)24/h2-9H,10-12H2,1H3. The molecule has 7 heteroatoms. The number of amides is 1. The third kappa shape index (κ3) is 2.35. The van der Waals surface area contributed by atoms with E-state index < -0.39 is 0 Å². The molecule has 1 aliphatic heterocycles. The van der Waals surface area contributed by atoms with Gasteiger partial charge in [-0.3, -0.25) is 9.69 Å². The Kier molecular flexibility index (Phi) is 3.43. The van der Waals surface area contributed by atoms with E-state index in [0.29, 0.717) is 6.54 Å². The molecule has 0 atom stereocenters. The molecule has 0 N–H and O–H groups in total. The van der Waals surface area contributed by atoms with Crippen molar-refractivity contribution in [2.75, 3.05) is 29.9 Å². The van der Waals surface area contributed by atoms with E-state index in [4.69, 9.17) is 0 Å². The molecule has 5 rings (SSSR count). The molecule has 1 aliphatic rings. The summed E-state index contributed by atoms with van der Waals surface area (Å²) < 4.78 is 3.25. The fraction of sp³-hybridized carbons (Fsp3) is 0.211. The van der Waals surface area contributed by atoms with Crippen LogP contribution in [0.4, 0.5) is 11.1 Å². The average Bonchev–Trinajstić information content (AvgIpc) is 3.34. The van der Waals surface area contributed by atoms with E-state index in [9.17, 15) is 4.79 Å². The highest BCUT2D eigenvalue weighted by molar-refractivity contribution is 7.22. The molecular formula is C19H17N5OS. The van der Waals surface area contributed by atoms with E-state index in [0.717, 1.165) is 38.9 Å². The van der Waals surface area contributed by atoms with E-state index >= 15 is 0 Å². The van der Waals surface area contributed by atoms with Gasteiger partial charge in [0.25, 0.3) is 0 Å². The second-order valence-electron chi connectivity index (χ2n) is 6.42. The molecule has 1 amide bonds. The molecule has 2 aromatic heterocycles. The molecule has 6 nitrogen and oxygen atoms in total. The number of thiazole rings is 1. The summed E-state index contributed by atoms with van der Waals surface area (Å²) in [5, 5.41) is 0.854. The van der Waals surface area contributed by atoms with Crippen LogP contribution in [0.5, 0.6) is 0 Å². The van der Waals surface area contributed by atoms with E-state index in [1.807, 2.05) is 54.4 Å². The molecule has 0 spiro atoms. The molecule has 2 aromatic carbocycles. The van der Waals surface area contributed by atoms with E-state index in [1.165, 1.54) is 0 Å². The summed E-state index contributed by atoms with van der Waals surface area (Å²) in [5.41, 5.74) is 2.98. The van der Waals surface area contributed by atoms with Crippen molar-refractivity contribution in [1.29, 1.82) is 0 Å². The van der Waals surface area contributed by atoms with Crippen molar-refractivity contribution >= 4 is 49.6 Å². The maximum absolute atomic E-state index is 12.9. The van der Waals surface area contributed by atoms with Crippen molar-refractivity contribution < 1.29 is 4.79 Å². The van der Waals surface area contributed by atoms with Gasteiger partial charge in [-0.2, -0.15) is 0 Å². The predicted molar refractivity (Wildman–Crippen MR) is 105 cm³/mol. The molecule has 0 unspecified atom stereocenters. The molecule has 3 heterocycles. The Bertz CT molecular complexity index is 1100. The quantitative estimate of drug-likeness (QED) is 0.561. The summed E-state index contributed by atoms with van der Waals surface area (Å²) in [4.78, 5) is 25.9. The maximum Gasteiger partial charge on any atom is 0.248 e. The van der Waals surface area contributed by atoms with Gasteiger partial charge in [0.15, 0.2) is 5.13 Å². The van der Waals surface area contributed by atoms with Crippen LogP contribution in [0, 0.1) is 0 Å². The van der Waals surface area contributed by atoms with Gasteiger partial charge in [0, 0.05) is 20.1 Å². The van der Waals surface area contributed by atoms with Crippen molar-refractivity contribution in [3.63, 3.8) is 0 Å². The molecule has 130 valence electrons. The van der Waals surface area contributed by atoms with Crippen LogP contribution in [-0.2, 0) is 11.3 Å². The van der Waals surface area contributed by atoms with E-state index in [2.05, 4.69) is 20.6 Å².